The summed E-state index contributed by atoms with van der Waals surface area (Å²) in [6, 6.07) is 0. The van der Waals surface area contributed by atoms with Crippen molar-refractivity contribution in [2.24, 2.45) is 0 Å². The zero-order valence-electron chi connectivity index (χ0n) is 16.6. The molecule has 1 spiro atoms. The fourth-order valence-electron chi connectivity index (χ4n) is 3.66. The Hall–Kier alpha value is -0.160. The van der Waals surface area contributed by atoms with E-state index < -0.39 is 6.16 Å². The average molecular weight is 357 g/mol. The molecule has 2 aliphatic rings. The Kier molecular flexibility index (Phi) is 10.4. The van der Waals surface area contributed by atoms with Crippen molar-refractivity contribution >= 4 is 0 Å². The van der Waals surface area contributed by atoms with Gasteiger partial charge in [-0.2, -0.15) is 0 Å². The highest BCUT2D eigenvalue weighted by atomic mass is 17.1. The zero-order chi connectivity index (χ0) is 17.8. The van der Waals surface area contributed by atoms with E-state index in [0.717, 1.165) is 12.8 Å². The van der Waals surface area contributed by atoms with E-state index in [1.54, 1.807) is 0 Å². The third-order valence-electron chi connectivity index (χ3n) is 5.27. The molecule has 0 amide bonds. The van der Waals surface area contributed by atoms with Gasteiger partial charge in [0.2, 0.25) is 0 Å². The Labute approximate surface area is 154 Å². The van der Waals surface area contributed by atoms with Crippen LogP contribution in [0.1, 0.15) is 104 Å². The summed E-state index contributed by atoms with van der Waals surface area (Å²) in [5.41, 5.74) is 0. The van der Waals surface area contributed by atoms with Crippen LogP contribution in [0, 0.1) is 0 Å². The van der Waals surface area contributed by atoms with Crippen LogP contribution in [0.2, 0.25) is 0 Å². The van der Waals surface area contributed by atoms with Crippen LogP contribution in [0.25, 0.3) is 0 Å². The Morgan fingerprint density at radius 2 is 1.00 bits per heavy atom. The van der Waals surface area contributed by atoms with E-state index in [0.29, 0.717) is 13.2 Å². The number of hydrogen-bond donors (Lipinski definition) is 0. The van der Waals surface area contributed by atoms with Crippen LogP contribution in [-0.4, -0.2) is 31.6 Å². The van der Waals surface area contributed by atoms with Crippen molar-refractivity contribution in [1.82, 2.24) is 0 Å². The van der Waals surface area contributed by atoms with Gasteiger partial charge in [-0.05, 0) is 12.8 Å². The van der Waals surface area contributed by atoms with Crippen molar-refractivity contribution in [3.8, 4) is 0 Å². The number of rotatable bonds is 14. The minimum atomic E-state index is -1.18. The molecule has 4 nitrogen and oxygen atoms in total. The molecular formula is C21H40O4. The van der Waals surface area contributed by atoms with Crippen LogP contribution in [0.3, 0.4) is 0 Å². The second-order valence-electron chi connectivity index (χ2n) is 7.71. The quantitative estimate of drug-likeness (QED) is 0.361. The average Bonchev–Trinajstić information content (AvgIpc) is 3.21. The van der Waals surface area contributed by atoms with Crippen molar-refractivity contribution in [2.75, 3.05) is 13.2 Å². The molecule has 2 atom stereocenters. The third kappa shape index (κ3) is 7.94. The van der Waals surface area contributed by atoms with E-state index in [4.69, 9.17) is 18.9 Å². The van der Waals surface area contributed by atoms with Crippen LogP contribution in [0.5, 0.6) is 0 Å². The zero-order valence-corrected chi connectivity index (χ0v) is 16.6. The minimum absolute atomic E-state index is 0.124. The van der Waals surface area contributed by atoms with Gasteiger partial charge in [-0.15, -0.1) is 0 Å². The van der Waals surface area contributed by atoms with E-state index in [1.807, 2.05) is 0 Å². The summed E-state index contributed by atoms with van der Waals surface area (Å²) in [6.07, 6.45) is 16.8. The van der Waals surface area contributed by atoms with E-state index in [2.05, 4.69) is 13.8 Å². The first-order valence-electron chi connectivity index (χ1n) is 10.9. The molecule has 25 heavy (non-hydrogen) atoms. The fraction of sp³-hybridized carbons (Fsp3) is 1.00. The summed E-state index contributed by atoms with van der Waals surface area (Å²) >= 11 is 0. The number of unbranched alkanes of at least 4 members (excludes halogenated alkanes) is 10. The molecule has 0 radical (unpaired) electrons. The maximum absolute atomic E-state index is 5.96. The lowest BCUT2D eigenvalue weighted by Gasteiger charge is -2.20. The minimum Gasteiger partial charge on any atom is -0.301 e. The lowest BCUT2D eigenvalue weighted by atomic mass is 10.1. The highest BCUT2D eigenvalue weighted by Crippen LogP contribution is 2.35. The standard InChI is InChI=1S/C21H40O4/c1-3-5-7-9-11-13-15-19-17-22-21(24-19)23-18-20(25-21)16-14-12-10-8-6-4-2/h19-20H,3-18H2,1-2H3. The van der Waals surface area contributed by atoms with Crippen LogP contribution >= 0.6 is 0 Å². The summed E-state index contributed by atoms with van der Waals surface area (Å²) in [6.45, 7) is 5.70. The van der Waals surface area contributed by atoms with Gasteiger partial charge in [0.25, 0.3) is 0 Å². The predicted octanol–water partition coefficient (Wildman–Crippen LogP) is 5.93. The summed E-state index contributed by atoms with van der Waals surface area (Å²) in [7, 11) is 0. The first-order valence-corrected chi connectivity index (χ1v) is 10.9. The Morgan fingerprint density at radius 3 is 1.44 bits per heavy atom. The van der Waals surface area contributed by atoms with Crippen molar-refractivity contribution in [1.29, 1.82) is 0 Å². The molecule has 0 aromatic rings. The second-order valence-corrected chi connectivity index (χ2v) is 7.71. The lowest BCUT2D eigenvalue weighted by molar-refractivity contribution is -0.431. The first kappa shape index (κ1) is 21.1. The molecule has 0 aliphatic carbocycles. The first-order chi connectivity index (χ1) is 12.3. The molecule has 0 aromatic carbocycles. The van der Waals surface area contributed by atoms with Crippen LogP contribution in [-0.2, 0) is 18.9 Å². The summed E-state index contributed by atoms with van der Waals surface area (Å²) in [5.74, 6) is 0. The molecule has 4 heteroatoms. The molecule has 0 saturated carbocycles. The molecule has 2 fully saturated rings. The van der Waals surface area contributed by atoms with Gasteiger partial charge < -0.3 is 9.47 Å². The van der Waals surface area contributed by atoms with Gasteiger partial charge in [0.05, 0.1) is 25.4 Å². The normalized spacial score (nSPS) is 29.0. The van der Waals surface area contributed by atoms with Crippen molar-refractivity contribution in [2.45, 2.75) is 122 Å². The maximum atomic E-state index is 5.96. The molecule has 2 heterocycles. The summed E-state index contributed by atoms with van der Waals surface area (Å²) in [5, 5.41) is 0. The lowest BCUT2D eigenvalue weighted by Crippen LogP contribution is -2.32. The summed E-state index contributed by atoms with van der Waals surface area (Å²) in [4.78, 5) is 0. The molecule has 2 unspecified atom stereocenters. The highest BCUT2D eigenvalue weighted by molar-refractivity contribution is 4.73. The van der Waals surface area contributed by atoms with Gasteiger partial charge in [0, 0.05) is 0 Å². The van der Waals surface area contributed by atoms with Crippen molar-refractivity contribution in [3.63, 3.8) is 0 Å². The van der Waals surface area contributed by atoms with Gasteiger partial charge in [0.15, 0.2) is 0 Å². The van der Waals surface area contributed by atoms with Gasteiger partial charge in [-0.1, -0.05) is 90.9 Å². The topological polar surface area (TPSA) is 36.9 Å². The van der Waals surface area contributed by atoms with E-state index in [9.17, 15) is 0 Å². The predicted molar refractivity (Wildman–Crippen MR) is 100 cm³/mol. The molecule has 2 aliphatic heterocycles. The van der Waals surface area contributed by atoms with Crippen LogP contribution in [0.4, 0.5) is 0 Å². The molecule has 2 rings (SSSR count). The fourth-order valence-corrected chi connectivity index (χ4v) is 3.66. The molecule has 0 aromatic heterocycles. The Morgan fingerprint density at radius 1 is 0.600 bits per heavy atom. The monoisotopic (exact) mass is 356 g/mol. The van der Waals surface area contributed by atoms with Gasteiger partial charge in [0.1, 0.15) is 0 Å². The van der Waals surface area contributed by atoms with E-state index in [-0.39, 0.29) is 12.2 Å². The highest BCUT2D eigenvalue weighted by Gasteiger charge is 2.50. The van der Waals surface area contributed by atoms with E-state index >= 15 is 0 Å². The van der Waals surface area contributed by atoms with Crippen LogP contribution in [0.15, 0.2) is 0 Å². The van der Waals surface area contributed by atoms with Gasteiger partial charge >= 0.3 is 6.16 Å². The van der Waals surface area contributed by atoms with Gasteiger partial charge in [-0.25, -0.2) is 0 Å². The molecule has 148 valence electrons. The third-order valence-corrected chi connectivity index (χ3v) is 5.27. The molecule has 0 N–H and O–H groups in total. The van der Waals surface area contributed by atoms with Crippen molar-refractivity contribution < 1.29 is 18.9 Å². The second kappa shape index (κ2) is 12.3. The smallest absolute Gasteiger partial charge is 0.301 e. The number of hydrogen-bond acceptors (Lipinski definition) is 4. The van der Waals surface area contributed by atoms with Crippen LogP contribution < -0.4 is 0 Å². The van der Waals surface area contributed by atoms with Crippen molar-refractivity contribution in [3.05, 3.63) is 0 Å². The Balaban J connectivity index is 1.52. The maximum Gasteiger partial charge on any atom is 0.413 e. The van der Waals surface area contributed by atoms with E-state index in [1.165, 1.54) is 77.0 Å². The largest absolute Gasteiger partial charge is 0.413 e. The molecule has 2 saturated heterocycles. The SMILES string of the molecule is CCCCCCCCC1COC2(OCC(CCCCCCCC)O2)O1. The Bertz CT molecular complexity index is 302. The van der Waals surface area contributed by atoms with Gasteiger partial charge in [-0.3, -0.25) is 9.47 Å². The molecule has 0 bridgehead atoms. The molecular weight excluding hydrogens is 316 g/mol. The summed E-state index contributed by atoms with van der Waals surface area (Å²) < 4.78 is 23.4. The number of ether oxygens (including phenoxy) is 4.